The van der Waals surface area contributed by atoms with Crippen LogP contribution in [0.2, 0.25) is 0 Å². The highest BCUT2D eigenvalue weighted by atomic mass is 16.5. The molecule has 2 unspecified atom stereocenters. The van der Waals surface area contributed by atoms with Crippen LogP contribution in [0.25, 0.3) is 0 Å². The van der Waals surface area contributed by atoms with Crippen molar-refractivity contribution >= 4 is 5.91 Å². The number of hydrogen-bond donors (Lipinski definition) is 1. The molecule has 1 heterocycles. The summed E-state index contributed by atoms with van der Waals surface area (Å²) in [6, 6.07) is -0.319. The molecule has 1 saturated heterocycles. The van der Waals surface area contributed by atoms with Gasteiger partial charge in [0.2, 0.25) is 5.91 Å². The SMILES string of the molecule is CCCCC(N)C(=O)N1CCC(OC)C1. The molecule has 1 aliphatic rings. The van der Waals surface area contributed by atoms with Crippen LogP contribution in [0.1, 0.15) is 32.6 Å². The summed E-state index contributed by atoms with van der Waals surface area (Å²) in [7, 11) is 1.69. The van der Waals surface area contributed by atoms with Crippen LogP contribution in [0.4, 0.5) is 0 Å². The number of amides is 1. The third-order valence-electron chi connectivity index (χ3n) is 2.98. The van der Waals surface area contributed by atoms with E-state index in [0.29, 0.717) is 6.54 Å². The van der Waals surface area contributed by atoms with Gasteiger partial charge in [-0.05, 0) is 12.8 Å². The Morgan fingerprint density at radius 2 is 2.40 bits per heavy atom. The topological polar surface area (TPSA) is 55.6 Å². The van der Waals surface area contributed by atoms with E-state index in [1.807, 2.05) is 4.90 Å². The summed E-state index contributed by atoms with van der Waals surface area (Å²) in [6.45, 7) is 3.60. The zero-order chi connectivity index (χ0) is 11.3. The lowest BCUT2D eigenvalue weighted by Gasteiger charge is -2.20. The largest absolute Gasteiger partial charge is 0.380 e. The lowest BCUT2D eigenvalue weighted by Crippen LogP contribution is -2.43. The van der Waals surface area contributed by atoms with Crippen molar-refractivity contribution in [1.82, 2.24) is 4.90 Å². The number of likely N-dealkylation sites (tertiary alicyclic amines) is 1. The Morgan fingerprint density at radius 3 is 2.93 bits per heavy atom. The highest BCUT2D eigenvalue weighted by Gasteiger charge is 2.28. The van der Waals surface area contributed by atoms with Gasteiger partial charge in [-0.1, -0.05) is 19.8 Å². The summed E-state index contributed by atoms with van der Waals surface area (Å²) in [5.41, 5.74) is 5.84. The molecule has 2 atom stereocenters. The quantitative estimate of drug-likeness (QED) is 0.735. The lowest BCUT2D eigenvalue weighted by atomic mass is 10.1. The maximum absolute atomic E-state index is 11.9. The summed E-state index contributed by atoms with van der Waals surface area (Å²) >= 11 is 0. The summed E-state index contributed by atoms with van der Waals surface area (Å²) in [5.74, 6) is 0.0861. The van der Waals surface area contributed by atoms with Crippen molar-refractivity contribution < 1.29 is 9.53 Å². The molecule has 0 aromatic heterocycles. The number of carbonyl (C=O) groups excluding carboxylic acids is 1. The molecule has 4 heteroatoms. The molecule has 15 heavy (non-hydrogen) atoms. The first-order valence-electron chi connectivity index (χ1n) is 5.76. The Morgan fingerprint density at radius 1 is 1.67 bits per heavy atom. The Kier molecular flexibility index (Phi) is 5.05. The van der Waals surface area contributed by atoms with Gasteiger partial charge in [-0.25, -0.2) is 0 Å². The third-order valence-corrected chi connectivity index (χ3v) is 2.98. The number of unbranched alkanes of at least 4 members (excludes halogenated alkanes) is 1. The van der Waals surface area contributed by atoms with E-state index in [1.54, 1.807) is 7.11 Å². The van der Waals surface area contributed by atoms with E-state index in [1.165, 1.54) is 0 Å². The van der Waals surface area contributed by atoms with Crippen molar-refractivity contribution in [3.63, 3.8) is 0 Å². The molecule has 0 radical (unpaired) electrons. The van der Waals surface area contributed by atoms with E-state index >= 15 is 0 Å². The molecule has 1 aliphatic heterocycles. The van der Waals surface area contributed by atoms with Gasteiger partial charge in [0.25, 0.3) is 0 Å². The fourth-order valence-corrected chi connectivity index (χ4v) is 1.90. The predicted octanol–water partition coefficient (Wildman–Crippen LogP) is 0.751. The minimum atomic E-state index is -0.319. The molecule has 1 rings (SSSR count). The minimum absolute atomic E-state index is 0.0861. The summed E-state index contributed by atoms with van der Waals surface area (Å²) < 4.78 is 5.22. The molecular formula is C11H22N2O2. The van der Waals surface area contributed by atoms with Crippen molar-refractivity contribution in [1.29, 1.82) is 0 Å². The lowest BCUT2D eigenvalue weighted by molar-refractivity contribution is -0.132. The number of methoxy groups -OCH3 is 1. The van der Waals surface area contributed by atoms with Crippen molar-refractivity contribution in [3.05, 3.63) is 0 Å². The van der Waals surface area contributed by atoms with E-state index < -0.39 is 0 Å². The zero-order valence-corrected chi connectivity index (χ0v) is 9.74. The van der Waals surface area contributed by atoms with Crippen LogP contribution in [0.3, 0.4) is 0 Å². The van der Waals surface area contributed by atoms with Gasteiger partial charge in [0.1, 0.15) is 0 Å². The van der Waals surface area contributed by atoms with E-state index in [-0.39, 0.29) is 18.1 Å². The van der Waals surface area contributed by atoms with Crippen LogP contribution in [-0.4, -0.2) is 43.2 Å². The van der Waals surface area contributed by atoms with Gasteiger partial charge in [0.15, 0.2) is 0 Å². The molecule has 0 aromatic rings. The maximum atomic E-state index is 11.9. The second kappa shape index (κ2) is 6.08. The van der Waals surface area contributed by atoms with Crippen molar-refractivity contribution in [2.45, 2.75) is 44.8 Å². The second-order valence-electron chi connectivity index (χ2n) is 4.18. The summed E-state index contributed by atoms with van der Waals surface area (Å²) in [5, 5.41) is 0. The van der Waals surface area contributed by atoms with Gasteiger partial charge < -0.3 is 15.4 Å². The van der Waals surface area contributed by atoms with Crippen LogP contribution >= 0.6 is 0 Å². The van der Waals surface area contributed by atoms with Crippen molar-refractivity contribution in [2.24, 2.45) is 5.73 Å². The number of nitrogens with two attached hydrogens (primary N) is 1. The molecule has 1 amide bonds. The van der Waals surface area contributed by atoms with Gasteiger partial charge in [-0.15, -0.1) is 0 Å². The normalized spacial score (nSPS) is 23.1. The van der Waals surface area contributed by atoms with Gasteiger partial charge in [-0.3, -0.25) is 4.79 Å². The van der Waals surface area contributed by atoms with Crippen LogP contribution in [0, 0.1) is 0 Å². The number of rotatable bonds is 5. The third kappa shape index (κ3) is 3.47. The minimum Gasteiger partial charge on any atom is -0.380 e. The summed E-state index contributed by atoms with van der Waals surface area (Å²) in [6.07, 6.45) is 4.04. The first-order chi connectivity index (χ1) is 7.19. The van der Waals surface area contributed by atoms with Crippen LogP contribution < -0.4 is 5.73 Å². The molecule has 88 valence electrons. The highest BCUT2D eigenvalue weighted by Crippen LogP contribution is 2.13. The standard InChI is InChI=1S/C11H22N2O2/c1-3-4-5-10(12)11(14)13-7-6-9(8-13)15-2/h9-10H,3-8,12H2,1-2H3. The van der Waals surface area contributed by atoms with Crippen molar-refractivity contribution in [2.75, 3.05) is 20.2 Å². The van der Waals surface area contributed by atoms with Crippen LogP contribution in [0.15, 0.2) is 0 Å². The highest BCUT2D eigenvalue weighted by molar-refractivity contribution is 5.81. The van der Waals surface area contributed by atoms with Crippen LogP contribution in [0.5, 0.6) is 0 Å². The van der Waals surface area contributed by atoms with E-state index in [9.17, 15) is 4.79 Å². The maximum Gasteiger partial charge on any atom is 0.239 e. The molecule has 4 nitrogen and oxygen atoms in total. The molecular weight excluding hydrogens is 192 g/mol. The average Bonchev–Trinajstić information content (AvgIpc) is 2.73. The van der Waals surface area contributed by atoms with Crippen molar-refractivity contribution in [3.8, 4) is 0 Å². The Balaban J connectivity index is 2.33. The molecule has 0 aromatic carbocycles. The molecule has 0 saturated carbocycles. The monoisotopic (exact) mass is 214 g/mol. The van der Waals surface area contributed by atoms with Gasteiger partial charge in [0.05, 0.1) is 12.1 Å². The Hall–Kier alpha value is -0.610. The second-order valence-corrected chi connectivity index (χ2v) is 4.18. The average molecular weight is 214 g/mol. The van der Waals surface area contributed by atoms with Gasteiger partial charge in [0, 0.05) is 20.2 Å². The van der Waals surface area contributed by atoms with Crippen LogP contribution in [-0.2, 0) is 9.53 Å². The van der Waals surface area contributed by atoms with Gasteiger partial charge >= 0.3 is 0 Å². The fraction of sp³-hybridized carbons (Fsp3) is 0.909. The number of nitrogens with zero attached hydrogens (tertiary/aromatic N) is 1. The molecule has 0 spiro atoms. The smallest absolute Gasteiger partial charge is 0.239 e. The van der Waals surface area contributed by atoms with E-state index in [4.69, 9.17) is 10.5 Å². The summed E-state index contributed by atoms with van der Waals surface area (Å²) in [4.78, 5) is 13.7. The zero-order valence-electron chi connectivity index (χ0n) is 9.74. The fourth-order valence-electron chi connectivity index (χ4n) is 1.90. The first-order valence-corrected chi connectivity index (χ1v) is 5.76. The first kappa shape index (κ1) is 12.5. The number of hydrogen-bond acceptors (Lipinski definition) is 3. The molecule has 2 N–H and O–H groups in total. The van der Waals surface area contributed by atoms with E-state index in [2.05, 4.69) is 6.92 Å². The Bertz CT molecular complexity index is 209. The molecule has 0 bridgehead atoms. The van der Waals surface area contributed by atoms with Gasteiger partial charge in [-0.2, -0.15) is 0 Å². The Labute approximate surface area is 91.8 Å². The number of ether oxygens (including phenoxy) is 1. The van der Waals surface area contributed by atoms with E-state index in [0.717, 1.165) is 32.2 Å². The number of carbonyl (C=O) groups is 1. The molecule has 0 aliphatic carbocycles. The predicted molar refractivity (Wildman–Crippen MR) is 59.5 cm³/mol. The molecule has 1 fully saturated rings.